The summed E-state index contributed by atoms with van der Waals surface area (Å²) in [7, 11) is 0. The lowest BCUT2D eigenvalue weighted by atomic mass is 9.98. The maximum Gasteiger partial charge on any atom is 0.315 e. The molecule has 3 aliphatic heterocycles. The van der Waals surface area contributed by atoms with Gasteiger partial charge in [0, 0.05) is 57.5 Å². The Hall–Kier alpha value is -4.09. The smallest absolute Gasteiger partial charge is 0.315 e. The van der Waals surface area contributed by atoms with Crippen molar-refractivity contribution in [3.05, 3.63) is 131 Å². The number of amides is 2. The van der Waals surface area contributed by atoms with E-state index in [1.807, 2.05) is 66.7 Å². The molecule has 3 saturated heterocycles. The average Bonchev–Trinajstić information content (AvgIpc) is 3.62. The molecule has 256 valence electrons. The first-order valence-corrected chi connectivity index (χ1v) is 17.3. The van der Waals surface area contributed by atoms with Gasteiger partial charge in [0.1, 0.15) is 0 Å². The molecular formula is C40H45N3O6. The molecule has 4 aromatic rings. The second-order valence-corrected chi connectivity index (χ2v) is 13.1. The third-order valence-electron chi connectivity index (χ3n) is 9.70. The number of piperidine rings is 1. The third kappa shape index (κ3) is 8.56. The standard InChI is InChI=1S/C40H45N3O6/c44-28-30-9-11-33(12-10-30)37-24-36(27-43-19-17-40(18-20-43)46-21-22-47-40)48-38(49-37)34-15-13-32(14-16-34)35-8-4-7-31(23-35)26-42-39(45)41-25-29-5-2-1-3-6-29/h1-16,23,36-38,44H,17-22,24-28H2,(H2,41,42,45)/t36-,37+,38+/m0/s1. The van der Waals surface area contributed by atoms with E-state index < -0.39 is 12.1 Å². The van der Waals surface area contributed by atoms with Crippen LogP contribution < -0.4 is 10.6 Å². The van der Waals surface area contributed by atoms with Crippen molar-refractivity contribution in [2.75, 3.05) is 32.8 Å². The van der Waals surface area contributed by atoms with E-state index in [0.717, 1.165) is 77.8 Å². The summed E-state index contributed by atoms with van der Waals surface area (Å²) in [6.07, 6.45) is 1.81. The Kier molecular flexibility index (Phi) is 10.7. The Labute approximate surface area is 288 Å². The summed E-state index contributed by atoms with van der Waals surface area (Å²) < 4.78 is 25.1. The normalized spacial score (nSPS) is 22.2. The molecule has 3 atom stereocenters. The Balaban J connectivity index is 0.998. The number of nitrogens with one attached hydrogen (secondary N) is 2. The number of aliphatic hydroxyl groups excluding tert-OH is 1. The molecule has 0 aromatic heterocycles. The first kappa shape index (κ1) is 33.4. The fourth-order valence-electron chi connectivity index (χ4n) is 6.90. The summed E-state index contributed by atoms with van der Waals surface area (Å²) in [5, 5.41) is 15.4. The number of aliphatic hydroxyl groups is 1. The van der Waals surface area contributed by atoms with Gasteiger partial charge in [-0.1, -0.05) is 97.1 Å². The van der Waals surface area contributed by atoms with Crippen LogP contribution in [0.1, 0.15) is 59.5 Å². The van der Waals surface area contributed by atoms with Crippen molar-refractivity contribution in [2.24, 2.45) is 0 Å². The number of rotatable bonds is 10. The van der Waals surface area contributed by atoms with Crippen LogP contribution in [0, 0.1) is 0 Å². The maximum atomic E-state index is 12.4. The minimum absolute atomic E-state index is 0.0138. The number of benzene rings is 4. The zero-order valence-electron chi connectivity index (χ0n) is 27.8. The van der Waals surface area contributed by atoms with Crippen molar-refractivity contribution in [2.45, 2.75) is 63.2 Å². The van der Waals surface area contributed by atoms with Crippen LogP contribution >= 0.6 is 0 Å². The predicted octanol–water partition coefficient (Wildman–Crippen LogP) is 6.23. The van der Waals surface area contributed by atoms with Gasteiger partial charge in [-0.15, -0.1) is 0 Å². The third-order valence-corrected chi connectivity index (χ3v) is 9.70. The molecule has 7 rings (SSSR count). The van der Waals surface area contributed by atoms with E-state index in [-0.39, 0.29) is 24.8 Å². The number of likely N-dealkylation sites (tertiary alicyclic amines) is 1. The van der Waals surface area contributed by atoms with Crippen molar-refractivity contribution in [3.63, 3.8) is 0 Å². The van der Waals surface area contributed by atoms with E-state index in [2.05, 4.69) is 51.9 Å². The molecule has 4 aromatic carbocycles. The lowest BCUT2D eigenvalue weighted by Crippen LogP contribution is -2.48. The van der Waals surface area contributed by atoms with Crippen LogP contribution in [-0.4, -0.2) is 60.8 Å². The topological polar surface area (TPSA) is 102 Å². The Bertz CT molecular complexity index is 1650. The largest absolute Gasteiger partial charge is 0.392 e. The fourth-order valence-corrected chi connectivity index (χ4v) is 6.90. The van der Waals surface area contributed by atoms with Gasteiger partial charge in [-0.25, -0.2) is 4.79 Å². The Morgan fingerprint density at radius 1 is 0.735 bits per heavy atom. The summed E-state index contributed by atoms with van der Waals surface area (Å²) in [4.78, 5) is 14.8. The molecule has 3 heterocycles. The quantitative estimate of drug-likeness (QED) is 0.185. The number of nitrogens with zero attached hydrogens (tertiary/aromatic N) is 1. The van der Waals surface area contributed by atoms with Crippen molar-refractivity contribution in [1.29, 1.82) is 0 Å². The van der Waals surface area contributed by atoms with Gasteiger partial charge in [0.15, 0.2) is 12.1 Å². The zero-order valence-corrected chi connectivity index (χ0v) is 27.8. The van der Waals surface area contributed by atoms with Crippen LogP contribution in [0.4, 0.5) is 4.79 Å². The van der Waals surface area contributed by atoms with Gasteiger partial charge in [-0.3, -0.25) is 0 Å². The Morgan fingerprint density at radius 2 is 1.41 bits per heavy atom. The summed E-state index contributed by atoms with van der Waals surface area (Å²) in [5.41, 5.74) is 7.13. The van der Waals surface area contributed by atoms with Gasteiger partial charge >= 0.3 is 6.03 Å². The van der Waals surface area contributed by atoms with E-state index in [1.165, 1.54) is 0 Å². The van der Waals surface area contributed by atoms with Crippen LogP contribution in [0.3, 0.4) is 0 Å². The molecule has 3 N–H and O–H groups in total. The van der Waals surface area contributed by atoms with E-state index in [0.29, 0.717) is 26.3 Å². The van der Waals surface area contributed by atoms with E-state index in [9.17, 15) is 9.90 Å². The first-order chi connectivity index (χ1) is 24.0. The molecule has 0 bridgehead atoms. The zero-order chi connectivity index (χ0) is 33.5. The lowest BCUT2D eigenvalue weighted by Gasteiger charge is -2.41. The predicted molar refractivity (Wildman–Crippen MR) is 186 cm³/mol. The van der Waals surface area contributed by atoms with Crippen molar-refractivity contribution < 1.29 is 28.8 Å². The molecule has 9 nitrogen and oxygen atoms in total. The molecule has 1 spiro atoms. The SMILES string of the molecule is O=C(NCc1ccccc1)NCc1cccc(-c2ccc([C@@H]3O[C@H](CN4CCC5(CC4)OCCO5)C[C@H](c4ccc(CO)cc4)O3)cc2)c1. The summed E-state index contributed by atoms with van der Waals surface area (Å²) in [6.45, 7) is 4.90. The molecule has 3 aliphatic rings. The number of hydrogen-bond acceptors (Lipinski definition) is 7. The average molecular weight is 664 g/mol. The molecule has 49 heavy (non-hydrogen) atoms. The fraction of sp³-hybridized carbons (Fsp3) is 0.375. The highest BCUT2D eigenvalue weighted by atomic mass is 16.7. The van der Waals surface area contributed by atoms with Crippen LogP contribution in [0.5, 0.6) is 0 Å². The van der Waals surface area contributed by atoms with Gasteiger partial charge < -0.3 is 39.6 Å². The van der Waals surface area contributed by atoms with Gasteiger partial charge in [-0.05, 0) is 39.4 Å². The molecule has 0 aliphatic carbocycles. The molecule has 2 amide bonds. The number of urea groups is 1. The van der Waals surface area contributed by atoms with Crippen LogP contribution in [0.25, 0.3) is 11.1 Å². The molecule has 3 fully saturated rings. The number of carbonyl (C=O) groups is 1. The van der Waals surface area contributed by atoms with E-state index in [1.54, 1.807) is 0 Å². The van der Waals surface area contributed by atoms with Gasteiger partial charge in [-0.2, -0.15) is 0 Å². The minimum atomic E-state index is -0.516. The van der Waals surface area contributed by atoms with Crippen LogP contribution in [0.15, 0.2) is 103 Å². The molecule has 0 saturated carbocycles. The van der Waals surface area contributed by atoms with Gasteiger partial charge in [0.2, 0.25) is 0 Å². The van der Waals surface area contributed by atoms with Crippen molar-refractivity contribution in [1.82, 2.24) is 15.5 Å². The second-order valence-electron chi connectivity index (χ2n) is 13.1. The summed E-state index contributed by atoms with van der Waals surface area (Å²) in [5.74, 6) is -0.401. The highest BCUT2D eigenvalue weighted by Gasteiger charge is 2.41. The highest BCUT2D eigenvalue weighted by molar-refractivity contribution is 5.74. The lowest BCUT2D eigenvalue weighted by molar-refractivity contribution is -0.255. The molecule has 9 heteroatoms. The molecular weight excluding hydrogens is 618 g/mol. The number of carbonyl (C=O) groups excluding carboxylic acids is 1. The van der Waals surface area contributed by atoms with Gasteiger partial charge in [0.05, 0.1) is 32.0 Å². The minimum Gasteiger partial charge on any atom is -0.392 e. The van der Waals surface area contributed by atoms with Gasteiger partial charge in [0.25, 0.3) is 0 Å². The molecule has 0 radical (unpaired) electrons. The van der Waals surface area contributed by atoms with Crippen LogP contribution in [0.2, 0.25) is 0 Å². The van der Waals surface area contributed by atoms with Crippen LogP contribution in [-0.2, 0) is 38.6 Å². The van der Waals surface area contributed by atoms with Crippen molar-refractivity contribution in [3.8, 4) is 11.1 Å². The molecule has 0 unspecified atom stereocenters. The number of ether oxygens (including phenoxy) is 4. The monoisotopic (exact) mass is 663 g/mol. The van der Waals surface area contributed by atoms with E-state index >= 15 is 0 Å². The van der Waals surface area contributed by atoms with Crippen molar-refractivity contribution >= 4 is 6.03 Å². The van der Waals surface area contributed by atoms with E-state index in [4.69, 9.17) is 18.9 Å². The summed E-state index contributed by atoms with van der Waals surface area (Å²) in [6, 6.07) is 34.2. The maximum absolute atomic E-state index is 12.4. The Morgan fingerprint density at radius 3 is 2.12 bits per heavy atom. The summed E-state index contributed by atoms with van der Waals surface area (Å²) >= 11 is 0. The highest BCUT2D eigenvalue weighted by Crippen LogP contribution is 2.39. The number of hydrogen-bond donors (Lipinski definition) is 3. The second kappa shape index (κ2) is 15.6. The first-order valence-electron chi connectivity index (χ1n) is 17.3.